The molecule has 11 heteroatoms. The Hall–Kier alpha value is -3.90. The summed E-state index contributed by atoms with van der Waals surface area (Å²) in [4.78, 5) is 18.9. The first-order valence-electron chi connectivity index (χ1n) is 18.0. The summed E-state index contributed by atoms with van der Waals surface area (Å²) in [5.41, 5.74) is 1.84. The van der Waals surface area contributed by atoms with Crippen LogP contribution in [0.2, 0.25) is 0 Å². The minimum Gasteiger partial charge on any atom is -0.491 e. The Labute approximate surface area is 329 Å². The van der Waals surface area contributed by atoms with E-state index in [9.17, 15) is 10.1 Å². The summed E-state index contributed by atoms with van der Waals surface area (Å²) in [6.45, 7) is 10.7. The summed E-state index contributed by atoms with van der Waals surface area (Å²) in [6.07, 6.45) is 3.45. The summed E-state index contributed by atoms with van der Waals surface area (Å²) >= 11 is 6.51. The highest BCUT2D eigenvalue weighted by molar-refractivity contribution is 8.01. The number of hydrogen-bond donors (Lipinski definition) is 0. The van der Waals surface area contributed by atoms with Crippen molar-refractivity contribution in [2.75, 3.05) is 26.4 Å². The van der Waals surface area contributed by atoms with E-state index in [1.165, 1.54) is 0 Å². The molecule has 276 valence electrons. The molecular formula is C42H43NO6S4. The molecule has 0 aromatic heterocycles. The molecule has 0 aliphatic carbocycles. The van der Waals surface area contributed by atoms with Crippen LogP contribution in [-0.4, -0.2) is 31.4 Å². The first-order chi connectivity index (χ1) is 25.9. The molecule has 1 heterocycles. The molecule has 0 saturated carbocycles. The van der Waals surface area contributed by atoms with Crippen LogP contribution in [-0.2, 0) is 0 Å². The van der Waals surface area contributed by atoms with Gasteiger partial charge in [-0.15, -0.1) is 0 Å². The number of non-ortho nitro benzene ring substituents is 1. The van der Waals surface area contributed by atoms with Gasteiger partial charge in [-0.2, -0.15) is 0 Å². The van der Waals surface area contributed by atoms with E-state index in [-0.39, 0.29) is 10.6 Å². The van der Waals surface area contributed by atoms with Gasteiger partial charge in [-0.1, -0.05) is 92.9 Å². The molecule has 6 rings (SSSR count). The maximum absolute atomic E-state index is 11.5. The molecular weight excluding hydrogens is 743 g/mol. The number of fused-ring (bicyclic) bond motifs is 8. The van der Waals surface area contributed by atoms with Crippen molar-refractivity contribution < 1.29 is 23.9 Å². The van der Waals surface area contributed by atoms with Gasteiger partial charge in [-0.05, 0) is 97.5 Å². The number of nitro groups is 1. The van der Waals surface area contributed by atoms with E-state index in [0.717, 1.165) is 99.0 Å². The quantitative estimate of drug-likeness (QED) is 0.0786. The summed E-state index contributed by atoms with van der Waals surface area (Å²) in [5.74, 6) is 3.25. The predicted octanol–water partition coefficient (Wildman–Crippen LogP) is 13.3. The van der Waals surface area contributed by atoms with E-state index in [0.29, 0.717) is 26.4 Å². The second-order valence-electron chi connectivity index (χ2n) is 12.2. The third-order valence-corrected chi connectivity index (χ3v) is 12.2. The highest BCUT2D eigenvalue weighted by Gasteiger charge is 2.24. The van der Waals surface area contributed by atoms with E-state index in [2.05, 4.69) is 94.4 Å². The van der Waals surface area contributed by atoms with Crippen LogP contribution in [0.1, 0.15) is 53.4 Å². The minimum absolute atomic E-state index is 0.0504. The summed E-state index contributed by atoms with van der Waals surface area (Å²) in [5, 5.41) is 11.5. The Balaban J connectivity index is 1.62. The zero-order chi connectivity index (χ0) is 37.2. The normalized spacial score (nSPS) is 12.2. The second-order valence-corrected chi connectivity index (χ2v) is 16.5. The summed E-state index contributed by atoms with van der Waals surface area (Å²) in [7, 11) is 0. The summed E-state index contributed by atoms with van der Waals surface area (Å²) in [6, 6.07) is 29.8. The topological polar surface area (TPSA) is 80.1 Å². The predicted molar refractivity (Wildman–Crippen MR) is 217 cm³/mol. The average Bonchev–Trinajstić information content (AvgIpc) is 3.16. The maximum atomic E-state index is 11.5. The first-order valence-corrected chi connectivity index (χ1v) is 21.2. The Morgan fingerprint density at radius 2 is 0.755 bits per heavy atom. The zero-order valence-electron chi connectivity index (χ0n) is 30.3. The number of para-hydroxylation sites is 3. The Morgan fingerprint density at radius 1 is 0.453 bits per heavy atom. The monoisotopic (exact) mass is 785 g/mol. The van der Waals surface area contributed by atoms with Crippen molar-refractivity contribution in [3.8, 4) is 34.1 Å². The van der Waals surface area contributed by atoms with E-state index >= 15 is 0 Å². The number of nitro benzene ring substituents is 1. The van der Waals surface area contributed by atoms with Crippen molar-refractivity contribution in [3.63, 3.8) is 0 Å². The molecule has 7 nitrogen and oxygen atoms in total. The molecule has 8 bridgehead atoms. The Bertz CT molecular complexity index is 1940. The van der Waals surface area contributed by atoms with Gasteiger partial charge in [-0.25, -0.2) is 0 Å². The number of benzene rings is 5. The van der Waals surface area contributed by atoms with Crippen molar-refractivity contribution in [1.82, 2.24) is 0 Å². The lowest BCUT2D eigenvalue weighted by Gasteiger charge is -2.22. The van der Waals surface area contributed by atoms with E-state index < -0.39 is 0 Å². The first kappa shape index (κ1) is 38.8. The van der Waals surface area contributed by atoms with Crippen LogP contribution in [0.25, 0.3) is 11.1 Å². The molecule has 0 fully saturated rings. The molecule has 0 saturated heterocycles. The molecule has 0 amide bonds. The fraction of sp³-hybridized carbons (Fsp3) is 0.286. The van der Waals surface area contributed by atoms with E-state index in [1.807, 2.05) is 0 Å². The molecule has 0 atom stereocenters. The largest absolute Gasteiger partial charge is 0.491 e. The van der Waals surface area contributed by atoms with Crippen LogP contribution in [0.3, 0.4) is 0 Å². The van der Waals surface area contributed by atoms with Gasteiger partial charge in [0, 0.05) is 12.1 Å². The molecule has 0 spiro atoms. The summed E-state index contributed by atoms with van der Waals surface area (Å²) < 4.78 is 26.3. The van der Waals surface area contributed by atoms with E-state index in [4.69, 9.17) is 18.9 Å². The number of rotatable bonds is 14. The molecule has 1 aliphatic rings. The lowest BCUT2D eigenvalue weighted by molar-refractivity contribution is -0.384. The van der Waals surface area contributed by atoms with Crippen LogP contribution in [0.4, 0.5) is 5.69 Å². The van der Waals surface area contributed by atoms with Gasteiger partial charge in [0.15, 0.2) is 0 Å². The fourth-order valence-electron chi connectivity index (χ4n) is 5.50. The van der Waals surface area contributed by atoms with Gasteiger partial charge in [0.25, 0.3) is 5.69 Å². The molecule has 1 aliphatic heterocycles. The van der Waals surface area contributed by atoms with Crippen LogP contribution in [0.15, 0.2) is 130 Å². The van der Waals surface area contributed by atoms with Crippen LogP contribution in [0, 0.1) is 10.1 Å². The highest BCUT2D eigenvalue weighted by Crippen LogP contribution is 2.54. The van der Waals surface area contributed by atoms with Gasteiger partial charge in [0.05, 0.1) is 70.5 Å². The molecule has 5 aromatic carbocycles. The van der Waals surface area contributed by atoms with Crippen molar-refractivity contribution >= 4 is 52.7 Å². The van der Waals surface area contributed by atoms with Gasteiger partial charge < -0.3 is 18.9 Å². The van der Waals surface area contributed by atoms with Crippen LogP contribution >= 0.6 is 47.0 Å². The Morgan fingerprint density at radius 3 is 1.06 bits per heavy atom. The zero-order valence-corrected chi connectivity index (χ0v) is 33.6. The number of nitrogens with zero attached hydrogens (tertiary/aromatic N) is 1. The maximum Gasteiger partial charge on any atom is 0.269 e. The lowest BCUT2D eigenvalue weighted by atomic mass is 10.1. The van der Waals surface area contributed by atoms with Crippen molar-refractivity contribution in [2.45, 2.75) is 92.5 Å². The fourth-order valence-corrected chi connectivity index (χ4v) is 10.0. The minimum atomic E-state index is -0.372. The third-order valence-electron chi connectivity index (χ3n) is 7.94. The molecule has 53 heavy (non-hydrogen) atoms. The van der Waals surface area contributed by atoms with Crippen LogP contribution in [0.5, 0.6) is 23.0 Å². The van der Waals surface area contributed by atoms with Gasteiger partial charge in [0.2, 0.25) is 0 Å². The SMILES string of the molecule is CCCOc1c2cccc1Sc1cccc(c1OCCC)Sc1cc(-c3ccc([N+](=O)[O-])cc3)cc(c1OCCC)Sc1cccc(c1OCCC)S2. The van der Waals surface area contributed by atoms with Gasteiger partial charge in [-0.3, -0.25) is 10.1 Å². The highest BCUT2D eigenvalue weighted by atomic mass is 32.2. The van der Waals surface area contributed by atoms with Crippen molar-refractivity contribution in [1.29, 1.82) is 0 Å². The molecule has 0 unspecified atom stereocenters. The molecule has 0 radical (unpaired) electrons. The lowest BCUT2D eigenvalue weighted by Crippen LogP contribution is -2.02. The number of hydrogen-bond acceptors (Lipinski definition) is 10. The Kier molecular flexibility index (Phi) is 13.9. The standard InChI is InChI=1S/C42H43NO6S4/c1-5-22-46-39-31-12-9-13-32(39)51-34-15-11-17-36(41(34)48-24-7-3)53-38-27-29(28-18-20-30(21-19-28)43(44)45)26-37(42(38)49-25-8-4)52-35-16-10-14-33(50-31)40(35)47-23-6-2/h9-21,26-27H,5-8,22-25H2,1-4H3. The van der Waals surface area contributed by atoms with Gasteiger partial charge in [0.1, 0.15) is 23.0 Å². The molecule has 0 N–H and O–H groups in total. The van der Waals surface area contributed by atoms with Crippen LogP contribution < -0.4 is 18.9 Å². The van der Waals surface area contributed by atoms with E-state index in [1.54, 1.807) is 71.3 Å². The van der Waals surface area contributed by atoms with Crippen molar-refractivity contribution in [2.24, 2.45) is 0 Å². The number of ether oxygens (including phenoxy) is 4. The molecule has 5 aromatic rings. The van der Waals surface area contributed by atoms with Gasteiger partial charge >= 0.3 is 0 Å². The smallest absolute Gasteiger partial charge is 0.269 e. The van der Waals surface area contributed by atoms with Crippen molar-refractivity contribution in [3.05, 3.63) is 101 Å². The second kappa shape index (κ2) is 18.9. The average molecular weight is 786 g/mol. The third kappa shape index (κ3) is 9.43.